The summed E-state index contributed by atoms with van der Waals surface area (Å²) in [6.07, 6.45) is 2.82. The van der Waals surface area contributed by atoms with E-state index in [1.54, 1.807) is 0 Å². The minimum Gasteiger partial charge on any atom is -0.379 e. The molecular weight excluding hydrogens is 196 g/mol. The second-order valence-electron chi connectivity index (χ2n) is 3.61. The van der Waals surface area contributed by atoms with Crippen molar-refractivity contribution in [2.24, 2.45) is 0 Å². The fraction of sp³-hybridized carbons (Fsp3) is 1.00. The topological polar surface area (TPSA) is 40.2 Å². The Hall–Kier alpha value is -0.160. The zero-order valence-corrected chi connectivity index (χ0v) is 9.57. The van der Waals surface area contributed by atoms with Gasteiger partial charge in [0.25, 0.3) is 0 Å². The van der Waals surface area contributed by atoms with E-state index in [-0.39, 0.29) is 0 Å². The van der Waals surface area contributed by atoms with E-state index in [9.17, 15) is 0 Å². The van der Waals surface area contributed by atoms with Gasteiger partial charge in [-0.05, 0) is 6.42 Å². The van der Waals surface area contributed by atoms with Crippen molar-refractivity contribution in [2.75, 3.05) is 46.2 Å². The van der Waals surface area contributed by atoms with Crippen LogP contribution in [-0.4, -0.2) is 52.4 Å². The Labute approximate surface area is 91.8 Å². The Kier molecular flexibility index (Phi) is 7.83. The Morgan fingerprint density at radius 1 is 1.13 bits per heavy atom. The third-order valence-electron chi connectivity index (χ3n) is 2.09. The number of unbranched alkanes of at least 4 members (excludes halogenated alkanes) is 1. The van der Waals surface area contributed by atoms with Gasteiger partial charge in [-0.2, -0.15) is 0 Å². The van der Waals surface area contributed by atoms with Gasteiger partial charge in [0.1, 0.15) is 6.10 Å². The lowest BCUT2D eigenvalue weighted by Gasteiger charge is -2.09. The molecule has 0 N–H and O–H groups in total. The zero-order chi connectivity index (χ0) is 10.8. The summed E-state index contributed by atoms with van der Waals surface area (Å²) in [6, 6.07) is 0. The van der Waals surface area contributed by atoms with Gasteiger partial charge in [0.05, 0.1) is 39.6 Å². The minimum absolute atomic E-state index is 0.432. The average Bonchev–Trinajstić information content (AvgIpc) is 3.12. The number of ether oxygens (including phenoxy) is 4. The third kappa shape index (κ3) is 8.81. The molecule has 15 heavy (non-hydrogen) atoms. The van der Waals surface area contributed by atoms with E-state index >= 15 is 0 Å². The van der Waals surface area contributed by atoms with E-state index in [2.05, 4.69) is 6.92 Å². The number of epoxide rings is 1. The van der Waals surface area contributed by atoms with Crippen LogP contribution in [0.5, 0.6) is 0 Å². The summed E-state index contributed by atoms with van der Waals surface area (Å²) in [5.74, 6) is 0. The fourth-order valence-electron chi connectivity index (χ4n) is 1.07. The maximum Gasteiger partial charge on any atom is 0.104 e. The summed E-state index contributed by atoms with van der Waals surface area (Å²) in [4.78, 5) is 0. The highest BCUT2D eigenvalue weighted by Gasteiger charge is 2.21. The molecule has 2 aliphatic heterocycles. The molecule has 0 aromatic carbocycles. The van der Waals surface area contributed by atoms with Gasteiger partial charge in [0.2, 0.25) is 0 Å². The van der Waals surface area contributed by atoms with E-state index in [1.807, 2.05) is 0 Å². The highest BCUT2D eigenvalue weighted by atomic mass is 16.6. The van der Waals surface area contributed by atoms with Crippen LogP contribution in [0.3, 0.4) is 0 Å². The Morgan fingerprint density at radius 2 is 1.73 bits per heavy atom. The second-order valence-corrected chi connectivity index (χ2v) is 3.61. The molecule has 0 spiro atoms. The van der Waals surface area contributed by atoms with Crippen LogP contribution in [0.2, 0.25) is 0 Å². The molecule has 0 amide bonds. The van der Waals surface area contributed by atoms with Gasteiger partial charge in [0, 0.05) is 6.61 Å². The minimum atomic E-state index is 0.432. The highest BCUT2D eigenvalue weighted by molar-refractivity contribution is 4.66. The predicted molar refractivity (Wildman–Crippen MR) is 57.1 cm³/mol. The molecule has 4 heteroatoms. The van der Waals surface area contributed by atoms with Crippen molar-refractivity contribution in [1.82, 2.24) is 0 Å². The molecule has 2 fully saturated rings. The monoisotopic (exact) mass is 218 g/mol. The Morgan fingerprint density at radius 3 is 2.13 bits per heavy atom. The van der Waals surface area contributed by atoms with Crippen LogP contribution in [0.1, 0.15) is 19.8 Å². The second kappa shape index (κ2) is 9.09. The number of hydrogen-bond acceptors (Lipinski definition) is 4. The number of rotatable bonds is 5. The van der Waals surface area contributed by atoms with Gasteiger partial charge in [-0.25, -0.2) is 0 Å². The smallest absolute Gasteiger partial charge is 0.104 e. The van der Waals surface area contributed by atoms with Crippen LogP contribution in [0, 0.1) is 0 Å². The van der Waals surface area contributed by atoms with Crippen LogP contribution in [0.25, 0.3) is 0 Å². The Balaban J connectivity index is 0.000000162. The molecule has 0 radical (unpaired) electrons. The van der Waals surface area contributed by atoms with Crippen molar-refractivity contribution in [2.45, 2.75) is 25.9 Å². The molecule has 1 unspecified atom stereocenters. The molecule has 0 bridgehead atoms. The molecule has 2 heterocycles. The first-order chi connectivity index (χ1) is 7.43. The van der Waals surface area contributed by atoms with Gasteiger partial charge in [0.15, 0.2) is 0 Å². The van der Waals surface area contributed by atoms with Crippen LogP contribution in [0.15, 0.2) is 0 Å². The summed E-state index contributed by atoms with van der Waals surface area (Å²) >= 11 is 0. The van der Waals surface area contributed by atoms with Crippen molar-refractivity contribution < 1.29 is 18.9 Å². The largest absolute Gasteiger partial charge is 0.379 e. The summed E-state index contributed by atoms with van der Waals surface area (Å²) in [6.45, 7) is 7.89. The molecule has 0 saturated carbocycles. The van der Waals surface area contributed by atoms with Gasteiger partial charge < -0.3 is 18.9 Å². The Bertz CT molecular complexity index is 121. The molecule has 0 aromatic heterocycles. The molecule has 2 aliphatic rings. The average molecular weight is 218 g/mol. The molecule has 2 saturated heterocycles. The first kappa shape index (κ1) is 12.9. The zero-order valence-electron chi connectivity index (χ0n) is 9.57. The van der Waals surface area contributed by atoms with E-state index in [0.29, 0.717) is 6.10 Å². The van der Waals surface area contributed by atoms with Crippen molar-refractivity contribution in [3.05, 3.63) is 0 Å². The first-order valence-electron chi connectivity index (χ1n) is 5.78. The predicted octanol–water partition coefficient (Wildman–Crippen LogP) is 1.24. The van der Waals surface area contributed by atoms with Gasteiger partial charge in [-0.1, -0.05) is 13.3 Å². The maximum absolute atomic E-state index is 5.27. The third-order valence-corrected chi connectivity index (χ3v) is 2.09. The highest BCUT2D eigenvalue weighted by Crippen LogP contribution is 2.08. The number of hydrogen-bond donors (Lipinski definition) is 0. The van der Waals surface area contributed by atoms with Gasteiger partial charge >= 0.3 is 0 Å². The van der Waals surface area contributed by atoms with Crippen LogP contribution >= 0.6 is 0 Å². The van der Waals surface area contributed by atoms with Crippen molar-refractivity contribution in [3.8, 4) is 0 Å². The van der Waals surface area contributed by atoms with Crippen molar-refractivity contribution in [1.29, 1.82) is 0 Å². The molecular formula is C11H22O4. The molecule has 0 aromatic rings. The van der Waals surface area contributed by atoms with Crippen molar-refractivity contribution >= 4 is 0 Å². The molecule has 2 rings (SSSR count). The maximum atomic E-state index is 5.27. The SMILES string of the molecule is C1COCCO1.CCCCOCC1CO1. The summed E-state index contributed by atoms with van der Waals surface area (Å²) in [5.41, 5.74) is 0. The van der Waals surface area contributed by atoms with Gasteiger partial charge in [-0.15, -0.1) is 0 Å². The molecule has 90 valence electrons. The summed E-state index contributed by atoms with van der Waals surface area (Å²) in [7, 11) is 0. The lowest BCUT2D eigenvalue weighted by atomic mass is 10.4. The normalized spacial score (nSPS) is 24.2. The van der Waals surface area contributed by atoms with E-state index < -0.39 is 0 Å². The van der Waals surface area contributed by atoms with Crippen LogP contribution in [0.4, 0.5) is 0 Å². The quantitative estimate of drug-likeness (QED) is 0.514. The van der Waals surface area contributed by atoms with Crippen LogP contribution < -0.4 is 0 Å². The van der Waals surface area contributed by atoms with E-state index in [4.69, 9.17) is 18.9 Å². The van der Waals surface area contributed by atoms with Gasteiger partial charge in [-0.3, -0.25) is 0 Å². The lowest BCUT2D eigenvalue weighted by Crippen LogP contribution is -2.16. The lowest BCUT2D eigenvalue weighted by molar-refractivity contribution is -0.0334. The first-order valence-corrected chi connectivity index (χ1v) is 5.78. The fourth-order valence-corrected chi connectivity index (χ4v) is 1.07. The summed E-state index contributed by atoms with van der Waals surface area (Å²) < 4.78 is 20.1. The van der Waals surface area contributed by atoms with Crippen LogP contribution in [-0.2, 0) is 18.9 Å². The standard InChI is InChI=1S/C7H14O2.C4H8O2/c1-2-3-4-8-5-7-6-9-7;1-2-6-4-3-5-1/h7H,2-6H2,1H3;1-4H2. The summed E-state index contributed by atoms with van der Waals surface area (Å²) in [5, 5.41) is 0. The van der Waals surface area contributed by atoms with Crippen molar-refractivity contribution in [3.63, 3.8) is 0 Å². The molecule has 4 nitrogen and oxygen atoms in total. The molecule has 1 atom stereocenters. The van der Waals surface area contributed by atoms with E-state index in [1.165, 1.54) is 12.8 Å². The molecule has 0 aliphatic carbocycles. The van der Waals surface area contributed by atoms with E-state index in [0.717, 1.165) is 46.2 Å².